The van der Waals surface area contributed by atoms with Crippen LogP contribution in [0.2, 0.25) is 0 Å². The van der Waals surface area contributed by atoms with Gasteiger partial charge < -0.3 is 14.7 Å². The van der Waals surface area contributed by atoms with Gasteiger partial charge in [-0.15, -0.1) is 0 Å². The van der Waals surface area contributed by atoms with E-state index in [1.807, 2.05) is 0 Å². The SMILES string of the molecule is COc1ccccc1C=C1SC(=O)N(CCC(=O)N2CCCCC2C(=O)O)C1=O. The van der Waals surface area contributed by atoms with Crippen LogP contribution in [0.3, 0.4) is 0 Å². The van der Waals surface area contributed by atoms with Gasteiger partial charge in [-0.2, -0.15) is 0 Å². The minimum Gasteiger partial charge on any atom is -0.496 e. The molecule has 1 N–H and O–H groups in total. The number of benzene rings is 1. The smallest absolute Gasteiger partial charge is 0.326 e. The molecule has 0 bridgehead atoms. The number of amides is 3. The Labute approximate surface area is 172 Å². The van der Waals surface area contributed by atoms with E-state index in [2.05, 4.69) is 0 Å². The third-order valence-electron chi connectivity index (χ3n) is 4.96. The van der Waals surface area contributed by atoms with Crippen molar-refractivity contribution in [2.24, 2.45) is 0 Å². The minimum atomic E-state index is -1.02. The van der Waals surface area contributed by atoms with Crippen molar-refractivity contribution in [2.75, 3.05) is 20.2 Å². The highest BCUT2D eigenvalue weighted by molar-refractivity contribution is 8.18. The van der Waals surface area contributed by atoms with Crippen LogP contribution in [0.25, 0.3) is 6.08 Å². The number of hydrogen-bond acceptors (Lipinski definition) is 6. The van der Waals surface area contributed by atoms with Crippen molar-refractivity contribution < 1.29 is 29.0 Å². The number of carboxylic acid groups (broad SMARTS) is 1. The summed E-state index contributed by atoms with van der Waals surface area (Å²) in [5.74, 6) is -1.26. The maximum Gasteiger partial charge on any atom is 0.326 e. The van der Waals surface area contributed by atoms with E-state index in [4.69, 9.17) is 4.74 Å². The number of carboxylic acids is 1. The van der Waals surface area contributed by atoms with Crippen LogP contribution in [-0.2, 0) is 14.4 Å². The highest BCUT2D eigenvalue weighted by atomic mass is 32.2. The van der Waals surface area contributed by atoms with Crippen molar-refractivity contribution in [1.82, 2.24) is 9.80 Å². The van der Waals surface area contributed by atoms with Crippen molar-refractivity contribution in [3.63, 3.8) is 0 Å². The fourth-order valence-electron chi connectivity index (χ4n) is 3.46. The van der Waals surface area contributed by atoms with Gasteiger partial charge in [-0.05, 0) is 43.2 Å². The number of methoxy groups -OCH3 is 1. The summed E-state index contributed by atoms with van der Waals surface area (Å²) in [4.78, 5) is 51.4. The van der Waals surface area contributed by atoms with Crippen molar-refractivity contribution in [1.29, 1.82) is 0 Å². The minimum absolute atomic E-state index is 0.0738. The average Bonchev–Trinajstić information content (AvgIpc) is 2.99. The van der Waals surface area contributed by atoms with E-state index >= 15 is 0 Å². The van der Waals surface area contributed by atoms with Crippen LogP contribution in [0.15, 0.2) is 29.2 Å². The average molecular weight is 418 g/mol. The number of nitrogens with zero attached hydrogens (tertiary/aromatic N) is 2. The number of likely N-dealkylation sites (tertiary alicyclic amines) is 1. The molecule has 2 fully saturated rings. The molecule has 1 aromatic carbocycles. The fourth-order valence-corrected chi connectivity index (χ4v) is 4.31. The Balaban J connectivity index is 1.67. The summed E-state index contributed by atoms with van der Waals surface area (Å²) in [5.41, 5.74) is 0.675. The molecule has 3 amide bonds. The van der Waals surface area contributed by atoms with Gasteiger partial charge in [-0.25, -0.2) is 4.79 Å². The van der Waals surface area contributed by atoms with Crippen LogP contribution >= 0.6 is 11.8 Å². The fraction of sp³-hybridized carbons (Fsp3) is 0.400. The topological polar surface area (TPSA) is 104 Å². The summed E-state index contributed by atoms with van der Waals surface area (Å²) in [7, 11) is 1.52. The predicted molar refractivity (Wildman–Crippen MR) is 107 cm³/mol. The van der Waals surface area contributed by atoms with Gasteiger partial charge in [0.1, 0.15) is 11.8 Å². The van der Waals surface area contributed by atoms with Crippen LogP contribution in [0.5, 0.6) is 5.75 Å². The van der Waals surface area contributed by atoms with Gasteiger partial charge >= 0.3 is 5.97 Å². The van der Waals surface area contributed by atoms with Gasteiger partial charge in [0.2, 0.25) is 5.91 Å². The first kappa shape index (κ1) is 20.9. The molecular weight excluding hydrogens is 396 g/mol. The molecule has 154 valence electrons. The largest absolute Gasteiger partial charge is 0.496 e. The highest BCUT2D eigenvalue weighted by Gasteiger charge is 2.37. The lowest BCUT2D eigenvalue weighted by Crippen LogP contribution is -2.48. The van der Waals surface area contributed by atoms with Gasteiger partial charge in [-0.3, -0.25) is 19.3 Å². The van der Waals surface area contributed by atoms with E-state index < -0.39 is 23.2 Å². The second kappa shape index (κ2) is 9.13. The second-order valence-electron chi connectivity index (χ2n) is 6.76. The molecule has 1 unspecified atom stereocenters. The first-order valence-corrected chi connectivity index (χ1v) is 10.1. The summed E-state index contributed by atoms with van der Waals surface area (Å²) < 4.78 is 5.26. The first-order valence-electron chi connectivity index (χ1n) is 9.33. The molecular formula is C20H22N2O6S. The van der Waals surface area contributed by atoms with E-state index in [0.29, 0.717) is 24.3 Å². The Morgan fingerprint density at radius 2 is 2.03 bits per heavy atom. The van der Waals surface area contributed by atoms with Gasteiger partial charge in [0, 0.05) is 25.1 Å². The molecule has 2 heterocycles. The molecule has 3 rings (SSSR count). The number of thioether (sulfide) groups is 1. The number of aliphatic carboxylic acids is 1. The molecule has 0 saturated carbocycles. The van der Waals surface area contributed by atoms with Gasteiger partial charge in [0.15, 0.2) is 0 Å². The summed E-state index contributed by atoms with van der Waals surface area (Å²) in [6, 6.07) is 6.30. The molecule has 9 heteroatoms. The molecule has 0 radical (unpaired) electrons. The van der Waals surface area contributed by atoms with E-state index in [1.54, 1.807) is 30.3 Å². The molecule has 2 aliphatic rings. The van der Waals surface area contributed by atoms with Crippen LogP contribution in [-0.4, -0.2) is 64.2 Å². The first-order chi connectivity index (χ1) is 13.9. The van der Waals surface area contributed by atoms with Gasteiger partial charge in [0.05, 0.1) is 12.0 Å². The van der Waals surface area contributed by atoms with Crippen LogP contribution in [0.1, 0.15) is 31.2 Å². The second-order valence-corrected chi connectivity index (χ2v) is 7.76. The number of carbonyl (C=O) groups is 4. The van der Waals surface area contributed by atoms with Crippen molar-refractivity contribution in [3.8, 4) is 5.75 Å². The Morgan fingerprint density at radius 3 is 2.76 bits per heavy atom. The maximum absolute atomic E-state index is 12.6. The van der Waals surface area contributed by atoms with E-state index in [0.717, 1.165) is 29.5 Å². The van der Waals surface area contributed by atoms with Crippen LogP contribution in [0, 0.1) is 0 Å². The normalized spacial score (nSPS) is 21.0. The van der Waals surface area contributed by atoms with Gasteiger partial charge in [0.25, 0.3) is 11.1 Å². The molecule has 0 spiro atoms. The summed E-state index contributed by atoms with van der Waals surface area (Å²) in [6.07, 6.45) is 3.43. The van der Waals surface area contributed by atoms with Crippen molar-refractivity contribution in [3.05, 3.63) is 34.7 Å². The molecule has 2 saturated heterocycles. The summed E-state index contributed by atoms with van der Waals surface area (Å²) in [6.45, 7) is 0.307. The standard InChI is InChI=1S/C20H22N2O6S/c1-28-15-8-3-2-6-13(15)12-16-18(24)22(20(27)29-16)11-9-17(23)21-10-5-4-7-14(21)19(25)26/h2-3,6,8,12,14H,4-5,7,9-11H2,1H3,(H,25,26). The quantitative estimate of drug-likeness (QED) is 0.708. The number of rotatable bonds is 6. The number of para-hydroxylation sites is 1. The highest BCUT2D eigenvalue weighted by Crippen LogP contribution is 2.34. The van der Waals surface area contributed by atoms with Gasteiger partial charge in [-0.1, -0.05) is 18.2 Å². The zero-order valence-corrected chi connectivity index (χ0v) is 16.8. The summed E-state index contributed by atoms with van der Waals surface area (Å²) >= 11 is 0.812. The number of imide groups is 1. The third-order valence-corrected chi connectivity index (χ3v) is 5.86. The monoisotopic (exact) mass is 418 g/mol. The van der Waals surface area contributed by atoms with E-state index in [-0.39, 0.29) is 23.8 Å². The molecule has 0 aliphatic carbocycles. The lowest BCUT2D eigenvalue weighted by atomic mass is 10.0. The lowest BCUT2D eigenvalue weighted by molar-refractivity contribution is -0.152. The third kappa shape index (κ3) is 4.61. The zero-order valence-electron chi connectivity index (χ0n) is 16.0. The van der Waals surface area contributed by atoms with Crippen LogP contribution < -0.4 is 4.74 Å². The predicted octanol–water partition coefficient (Wildman–Crippen LogP) is 2.59. The molecule has 0 aromatic heterocycles. The molecule has 1 atom stereocenters. The molecule has 1 aromatic rings. The lowest BCUT2D eigenvalue weighted by Gasteiger charge is -2.33. The Morgan fingerprint density at radius 1 is 1.28 bits per heavy atom. The number of ether oxygens (including phenoxy) is 1. The zero-order chi connectivity index (χ0) is 21.0. The number of piperidine rings is 1. The Bertz CT molecular complexity index is 868. The number of carbonyl (C=O) groups excluding carboxylic acids is 3. The molecule has 29 heavy (non-hydrogen) atoms. The van der Waals surface area contributed by atoms with Crippen LogP contribution in [0.4, 0.5) is 4.79 Å². The Hall–Kier alpha value is -2.81. The Kier molecular flexibility index (Phi) is 6.58. The summed E-state index contributed by atoms with van der Waals surface area (Å²) in [5, 5.41) is 8.86. The number of hydrogen-bond donors (Lipinski definition) is 1. The molecule has 8 nitrogen and oxygen atoms in total. The van der Waals surface area contributed by atoms with E-state index in [1.165, 1.54) is 12.0 Å². The maximum atomic E-state index is 12.6. The van der Waals surface area contributed by atoms with E-state index in [9.17, 15) is 24.3 Å². The van der Waals surface area contributed by atoms with Crippen molar-refractivity contribution >= 4 is 40.9 Å². The molecule has 2 aliphatic heterocycles. The van der Waals surface area contributed by atoms with Crippen molar-refractivity contribution in [2.45, 2.75) is 31.7 Å².